The Morgan fingerprint density at radius 2 is 2.05 bits per heavy atom. The van der Waals surface area contributed by atoms with Crippen molar-refractivity contribution < 1.29 is 9.50 Å². The summed E-state index contributed by atoms with van der Waals surface area (Å²) in [5, 5.41) is 14.9. The number of aromatic hydroxyl groups is 1. The molecular weight excluding hydrogens is 267 g/mol. The van der Waals surface area contributed by atoms with Crippen molar-refractivity contribution in [3.05, 3.63) is 47.8 Å². The zero-order valence-electron chi connectivity index (χ0n) is 12.1. The first kappa shape index (κ1) is 13.6. The number of halogens is 1. The van der Waals surface area contributed by atoms with E-state index in [1.165, 1.54) is 6.07 Å². The number of phenolic OH excluding ortho intramolecular Hbond substituents is 1. The Balaban J connectivity index is 2.30. The van der Waals surface area contributed by atoms with E-state index < -0.39 is 0 Å². The Kier molecular flexibility index (Phi) is 3.37. The second kappa shape index (κ2) is 5.20. The Labute approximate surface area is 122 Å². The van der Waals surface area contributed by atoms with Gasteiger partial charge in [-0.25, -0.2) is 4.39 Å². The van der Waals surface area contributed by atoms with Crippen molar-refractivity contribution in [2.24, 2.45) is 0 Å². The van der Waals surface area contributed by atoms with Crippen molar-refractivity contribution in [1.29, 1.82) is 0 Å². The van der Waals surface area contributed by atoms with Gasteiger partial charge < -0.3 is 5.11 Å². The molecule has 0 unspecified atom stereocenters. The summed E-state index contributed by atoms with van der Waals surface area (Å²) < 4.78 is 15.9. The molecule has 3 aromatic rings. The molecule has 0 atom stereocenters. The molecule has 3 rings (SSSR count). The fraction of sp³-hybridized carbons (Fsp3) is 0.235. The van der Waals surface area contributed by atoms with Gasteiger partial charge in [-0.1, -0.05) is 19.1 Å². The van der Waals surface area contributed by atoms with E-state index >= 15 is 0 Å². The smallest absolute Gasteiger partial charge is 0.149 e. The standard InChI is InChI=1S/C17H17FN2O/c1-3-9-20-17-14(5-4-6-15(17)18)16(19-20)13-8-7-12(21)10-11(13)2/h4-8,10,21H,3,9H2,1-2H3. The maximum absolute atomic E-state index is 14.2. The van der Waals surface area contributed by atoms with Gasteiger partial charge in [0.05, 0.1) is 0 Å². The van der Waals surface area contributed by atoms with Gasteiger partial charge in [0.25, 0.3) is 0 Å². The quantitative estimate of drug-likeness (QED) is 0.780. The second-order valence-electron chi connectivity index (χ2n) is 5.21. The van der Waals surface area contributed by atoms with Crippen molar-refractivity contribution in [1.82, 2.24) is 9.78 Å². The number of benzene rings is 2. The lowest BCUT2D eigenvalue weighted by molar-refractivity contribution is 0.475. The molecule has 1 N–H and O–H groups in total. The summed E-state index contributed by atoms with van der Waals surface area (Å²) in [5.41, 5.74) is 3.14. The first-order chi connectivity index (χ1) is 10.1. The predicted octanol–water partition coefficient (Wildman–Crippen LogP) is 4.27. The Hall–Kier alpha value is -2.36. The lowest BCUT2D eigenvalue weighted by atomic mass is 10.0. The highest BCUT2D eigenvalue weighted by Gasteiger charge is 2.16. The van der Waals surface area contributed by atoms with Crippen LogP contribution in [0.4, 0.5) is 4.39 Å². The van der Waals surface area contributed by atoms with Crippen LogP contribution in [0.5, 0.6) is 5.75 Å². The van der Waals surface area contributed by atoms with Crippen LogP contribution in [-0.4, -0.2) is 14.9 Å². The van der Waals surface area contributed by atoms with Crippen LogP contribution in [0.15, 0.2) is 36.4 Å². The molecule has 0 aliphatic rings. The first-order valence-electron chi connectivity index (χ1n) is 7.07. The van der Waals surface area contributed by atoms with Gasteiger partial charge in [0, 0.05) is 17.5 Å². The topological polar surface area (TPSA) is 38.0 Å². The number of aromatic nitrogens is 2. The molecule has 0 saturated carbocycles. The summed E-state index contributed by atoms with van der Waals surface area (Å²) in [6.45, 7) is 4.63. The third-order valence-corrected chi connectivity index (χ3v) is 3.62. The molecule has 0 saturated heterocycles. The average Bonchev–Trinajstić information content (AvgIpc) is 2.79. The molecule has 1 heterocycles. The summed E-state index contributed by atoms with van der Waals surface area (Å²) in [6, 6.07) is 10.2. The largest absolute Gasteiger partial charge is 0.508 e. The van der Waals surface area contributed by atoms with E-state index in [1.54, 1.807) is 22.9 Å². The maximum Gasteiger partial charge on any atom is 0.149 e. The normalized spacial score (nSPS) is 11.2. The third-order valence-electron chi connectivity index (χ3n) is 3.62. The van der Waals surface area contributed by atoms with Crippen LogP contribution in [-0.2, 0) is 6.54 Å². The lowest BCUT2D eigenvalue weighted by Crippen LogP contribution is -2.00. The number of phenols is 1. The minimum atomic E-state index is -0.254. The maximum atomic E-state index is 14.2. The monoisotopic (exact) mass is 284 g/mol. The first-order valence-corrected chi connectivity index (χ1v) is 7.07. The van der Waals surface area contributed by atoms with Gasteiger partial charge in [-0.2, -0.15) is 5.10 Å². The minimum Gasteiger partial charge on any atom is -0.508 e. The van der Waals surface area contributed by atoms with Crippen molar-refractivity contribution >= 4 is 10.9 Å². The van der Waals surface area contributed by atoms with E-state index in [0.29, 0.717) is 12.1 Å². The summed E-state index contributed by atoms with van der Waals surface area (Å²) in [4.78, 5) is 0. The average molecular weight is 284 g/mol. The highest BCUT2D eigenvalue weighted by atomic mass is 19.1. The van der Waals surface area contributed by atoms with Gasteiger partial charge in [-0.05, 0) is 43.2 Å². The highest BCUT2D eigenvalue weighted by Crippen LogP contribution is 2.32. The van der Waals surface area contributed by atoms with Crippen molar-refractivity contribution in [2.45, 2.75) is 26.8 Å². The van der Waals surface area contributed by atoms with Crippen LogP contribution in [0.25, 0.3) is 22.2 Å². The van der Waals surface area contributed by atoms with Crippen LogP contribution in [0, 0.1) is 12.7 Å². The number of hydrogen-bond donors (Lipinski definition) is 1. The molecule has 21 heavy (non-hydrogen) atoms. The van der Waals surface area contributed by atoms with E-state index in [-0.39, 0.29) is 11.6 Å². The second-order valence-corrected chi connectivity index (χ2v) is 5.21. The molecule has 0 spiro atoms. The number of para-hydroxylation sites is 1. The van der Waals surface area contributed by atoms with Crippen LogP contribution < -0.4 is 0 Å². The van der Waals surface area contributed by atoms with E-state index in [4.69, 9.17) is 0 Å². The summed E-state index contributed by atoms with van der Waals surface area (Å²) in [5.74, 6) is -0.0316. The van der Waals surface area contributed by atoms with Crippen molar-refractivity contribution in [2.75, 3.05) is 0 Å². The fourth-order valence-corrected chi connectivity index (χ4v) is 2.68. The van der Waals surface area contributed by atoms with Crippen LogP contribution in [0.3, 0.4) is 0 Å². The third kappa shape index (κ3) is 2.27. The van der Waals surface area contributed by atoms with Crippen molar-refractivity contribution in [3.8, 4) is 17.0 Å². The number of fused-ring (bicyclic) bond motifs is 1. The molecule has 0 aliphatic heterocycles. The fourth-order valence-electron chi connectivity index (χ4n) is 2.68. The van der Waals surface area contributed by atoms with Gasteiger partial charge in [0.2, 0.25) is 0 Å². The molecule has 0 aliphatic carbocycles. The van der Waals surface area contributed by atoms with E-state index in [9.17, 15) is 9.50 Å². The Bertz CT molecular complexity index is 808. The summed E-state index contributed by atoms with van der Waals surface area (Å²) in [7, 11) is 0. The summed E-state index contributed by atoms with van der Waals surface area (Å²) >= 11 is 0. The number of hydrogen-bond acceptors (Lipinski definition) is 2. The molecule has 0 radical (unpaired) electrons. The number of rotatable bonds is 3. The van der Waals surface area contributed by atoms with Gasteiger partial charge in [0.15, 0.2) is 0 Å². The van der Waals surface area contributed by atoms with E-state index in [0.717, 1.165) is 28.6 Å². The molecule has 1 aromatic heterocycles. The zero-order valence-corrected chi connectivity index (χ0v) is 12.1. The molecule has 3 nitrogen and oxygen atoms in total. The number of aryl methyl sites for hydroxylation is 2. The van der Waals surface area contributed by atoms with Crippen LogP contribution in [0.1, 0.15) is 18.9 Å². The summed E-state index contributed by atoms with van der Waals surface area (Å²) in [6.07, 6.45) is 0.888. The van der Waals surface area contributed by atoms with E-state index in [2.05, 4.69) is 5.10 Å². The van der Waals surface area contributed by atoms with E-state index in [1.807, 2.05) is 26.0 Å². The molecular formula is C17H17FN2O. The predicted molar refractivity (Wildman–Crippen MR) is 81.8 cm³/mol. The van der Waals surface area contributed by atoms with Gasteiger partial charge >= 0.3 is 0 Å². The zero-order chi connectivity index (χ0) is 15.0. The van der Waals surface area contributed by atoms with Gasteiger partial charge in [0.1, 0.15) is 22.8 Å². The Morgan fingerprint density at radius 1 is 1.24 bits per heavy atom. The number of nitrogens with zero attached hydrogens (tertiary/aromatic N) is 2. The molecule has 4 heteroatoms. The molecule has 0 bridgehead atoms. The molecule has 0 fully saturated rings. The molecule has 2 aromatic carbocycles. The molecule has 0 amide bonds. The van der Waals surface area contributed by atoms with Gasteiger partial charge in [-0.15, -0.1) is 0 Å². The molecule has 108 valence electrons. The van der Waals surface area contributed by atoms with Crippen LogP contribution >= 0.6 is 0 Å². The van der Waals surface area contributed by atoms with Gasteiger partial charge in [-0.3, -0.25) is 4.68 Å². The lowest BCUT2D eigenvalue weighted by Gasteiger charge is -2.04. The van der Waals surface area contributed by atoms with Crippen molar-refractivity contribution in [3.63, 3.8) is 0 Å². The SMILES string of the molecule is CCCn1nc(-c2ccc(O)cc2C)c2cccc(F)c21. The van der Waals surface area contributed by atoms with Crippen LogP contribution in [0.2, 0.25) is 0 Å². The minimum absolute atomic E-state index is 0.222. The Morgan fingerprint density at radius 3 is 2.76 bits per heavy atom. The highest BCUT2D eigenvalue weighted by molar-refractivity contribution is 5.94.